The lowest BCUT2D eigenvalue weighted by Crippen LogP contribution is -2.29. The van der Waals surface area contributed by atoms with Gasteiger partial charge in [0, 0.05) is 16.8 Å². The van der Waals surface area contributed by atoms with Crippen LogP contribution < -0.4 is 10.2 Å². The molecule has 1 saturated carbocycles. The quantitative estimate of drug-likeness (QED) is 0.150. The zero-order valence-corrected chi connectivity index (χ0v) is 42.8. The van der Waals surface area contributed by atoms with Gasteiger partial charge in [0.1, 0.15) is 0 Å². The van der Waals surface area contributed by atoms with Gasteiger partial charge in [-0.1, -0.05) is 230 Å². The molecule has 0 heterocycles. The summed E-state index contributed by atoms with van der Waals surface area (Å²) >= 11 is 0. The van der Waals surface area contributed by atoms with E-state index in [0.29, 0.717) is 0 Å². The standard InChI is InChI=1S/C45H38NP.C17H16.C7H8/c1-31-22-25-35(26-23-31)46(36-18-13-19-37(29-36)47(3)4)43-30-42-44(39-21-12-11-20-38(39)43)40-27-24-32(2)28-41(40)45(42,33-14-7-5-8-15-33)34-16-9-6-10-17-34;1-11-6-7-15-13-5-3-2-4-12(13)14-8-9-16(14)17(15)10-11;1-7-5-3-2-4-6-7/h5-30H,1-4H3;2-7,10,14,16H,8-9H2,1H3;2-6H,1H3. The third kappa shape index (κ3) is 8.41. The van der Waals surface area contributed by atoms with Crippen LogP contribution >= 0.6 is 7.92 Å². The first-order chi connectivity index (χ1) is 34.7. The third-order valence-corrected chi connectivity index (χ3v) is 16.6. The van der Waals surface area contributed by atoms with E-state index in [1.54, 1.807) is 11.1 Å². The van der Waals surface area contributed by atoms with Gasteiger partial charge in [0.15, 0.2) is 0 Å². The van der Waals surface area contributed by atoms with Crippen LogP contribution in [0, 0.1) is 27.7 Å². The molecule has 348 valence electrons. The van der Waals surface area contributed by atoms with Gasteiger partial charge in [0.05, 0.1) is 11.1 Å². The molecule has 3 aliphatic carbocycles. The first-order valence-corrected chi connectivity index (χ1v) is 27.6. The molecular weight excluding hydrogens is 874 g/mol. The normalized spacial score (nSPS) is 15.3. The Hall–Kier alpha value is -7.31. The second kappa shape index (κ2) is 19.5. The maximum Gasteiger partial charge on any atom is 0.0714 e. The predicted molar refractivity (Wildman–Crippen MR) is 306 cm³/mol. The van der Waals surface area contributed by atoms with Crippen LogP contribution in [0.2, 0.25) is 0 Å². The molecule has 1 nitrogen and oxygen atoms in total. The summed E-state index contributed by atoms with van der Waals surface area (Å²) in [5.41, 5.74) is 22.3. The van der Waals surface area contributed by atoms with Crippen LogP contribution in [-0.2, 0) is 5.41 Å². The van der Waals surface area contributed by atoms with Gasteiger partial charge < -0.3 is 4.90 Å². The second-order valence-corrected chi connectivity index (χ2v) is 22.4. The Labute approximate surface area is 423 Å². The Morgan fingerprint density at radius 3 is 1.56 bits per heavy atom. The lowest BCUT2D eigenvalue weighted by molar-refractivity contribution is 0.343. The molecule has 1 fully saturated rings. The van der Waals surface area contributed by atoms with Crippen molar-refractivity contribution in [1.82, 2.24) is 0 Å². The first-order valence-electron chi connectivity index (χ1n) is 25.3. The molecule has 0 N–H and O–H groups in total. The number of hydrogen-bond donors (Lipinski definition) is 0. The zero-order valence-electron chi connectivity index (χ0n) is 41.9. The van der Waals surface area contributed by atoms with Crippen molar-refractivity contribution < 1.29 is 0 Å². The van der Waals surface area contributed by atoms with Crippen molar-refractivity contribution in [2.45, 2.75) is 57.8 Å². The van der Waals surface area contributed by atoms with Gasteiger partial charge in [-0.15, -0.1) is 0 Å². The lowest BCUT2D eigenvalue weighted by atomic mass is 9.61. The van der Waals surface area contributed by atoms with Gasteiger partial charge in [0.25, 0.3) is 0 Å². The van der Waals surface area contributed by atoms with Crippen LogP contribution in [0.5, 0.6) is 0 Å². The summed E-state index contributed by atoms with van der Waals surface area (Å²) in [5.74, 6) is 1.58. The summed E-state index contributed by atoms with van der Waals surface area (Å²) in [7, 11) is -0.256. The minimum Gasteiger partial charge on any atom is -0.310 e. The van der Waals surface area contributed by atoms with Gasteiger partial charge in [-0.2, -0.15) is 0 Å². The smallest absolute Gasteiger partial charge is 0.0714 e. The Morgan fingerprint density at radius 1 is 0.394 bits per heavy atom. The van der Waals surface area contributed by atoms with E-state index >= 15 is 0 Å². The molecule has 71 heavy (non-hydrogen) atoms. The molecular formula is C69H62NP. The molecule has 2 atom stereocenters. The number of hydrogen-bond acceptors (Lipinski definition) is 1. The van der Waals surface area contributed by atoms with Crippen LogP contribution in [-0.4, -0.2) is 13.3 Å². The molecule has 2 unspecified atom stereocenters. The minimum atomic E-state index is -0.486. The molecule has 0 aromatic heterocycles. The highest BCUT2D eigenvalue weighted by Gasteiger charge is 2.47. The average Bonchev–Trinajstić information content (AvgIpc) is 3.68. The highest BCUT2D eigenvalue weighted by molar-refractivity contribution is 7.64. The number of benzene rings is 10. The Bertz CT molecular complexity index is 3460. The molecule has 2 heteroatoms. The molecule has 0 spiro atoms. The average molecular weight is 936 g/mol. The number of nitrogens with zero attached hydrogens (tertiary/aromatic N) is 1. The Morgan fingerprint density at radius 2 is 0.930 bits per heavy atom. The molecule has 10 aromatic rings. The van der Waals surface area contributed by atoms with Gasteiger partial charge in [0.2, 0.25) is 0 Å². The number of aryl methyl sites for hydroxylation is 4. The summed E-state index contributed by atoms with van der Waals surface area (Å²) in [6.07, 6.45) is 2.74. The second-order valence-electron chi connectivity index (χ2n) is 20.1. The fourth-order valence-electron chi connectivity index (χ4n) is 11.7. The summed E-state index contributed by atoms with van der Waals surface area (Å²) in [6, 6.07) is 85.2. The van der Waals surface area contributed by atoms with Crippen LogP contribution in [0.15, 0.2) is 231 Å². The Balaban J connectivity index is 0.000000184. The van der Waals surface area contributed by atoms with Gasteiger partial charge in [-0.05, 0) is 162 Å². The monoisotopic (exact) mass is 935 g/mol. The highest BCUT2D eigenvalue weighted by Crippen LogP contribution is 2.60. The van der Waals surface area contributed by atoms with E-state index in [9.17, 15) is 0 Å². The maximum absolute atomic E-state index is 2.51. The maximum atomic E-state index is 2.51. The SMILES string of the molecule is Cc1ccc(N(c2cccc(P(C)C)c2)c2cc3c(c4ccccc24)-c2ccc(C)cc2C3(c2ccccc2)c2ccccc2)cc1.Cc1ccc2c(c1)C1CCC1c1ccccc1-2.Cc1ccccc1. The van der Waals surface area contributed by atoms with E-state index < -0.39 is 5.41 Å². The van der Waals surface area contributed by atoms with Crippen molar-refractivity contribution in [2.24, 2.45) is 0 Å². The number of fused-ring (bicyclic) bond motifs is 11. The van der Waals surface area contributed by atoms with Crippen LogP contribution in [0.3, 0.4) is 0 Å². The van der Waals surface area contributed by atoms with Crippen molar-refractivity contribution in [1.29, 1.82) is 0 Å². The van der Waals surface area contributed by atoms with E-state index in [4.69, 9.17) is 0 Å². The largest absolute Gasteiger partial charge is 0.310 e. The molecule has 10 aromatic carbocycles. The van der Waals surface area contributed by atoms with Crippen LogP contribution in [0.25, 0.3) is 33.0 Å². The van der Waals surface area contributed by atoms with Crippen molar-refractivity contribution in [3.8, 4) is 22.3 Å². The summed E-state index contributed by atoms with van der Waals surface area (Å²) < 4.78 is 0. The highest BCUT2D eigenvalue weighted by atomic mass is 31.1. The molecule has 13 rings (SSSR count). The molecule has 0 radical (unpaired) electrons. The van der Waals surface area contributed by atoms with Crippen LogP contribution in [0.4, 0.5) is 17.1 Å². The fourth-order valence-corrected chi connectivity index (χ4v) is 12.5. The van der Waals surface area contributed by atoms with Crippen molar-refractivity contribution in [3.05, 3.63) is 286 Å². The van der Waals surface area contributed by atoms with E-state index in [-0.39, 0.29) is 7.92 Å². The van der Waals surface area contributed by atoms with Gasteiger partial charge >= 0.3 is 0 Å². The molecule has 0 amide bonds. The van der Waals surface area contributed by atoms with Crippen molar-refractivity contribution in [3.63, 3.8) is 0 Å². The third-order valence-electron chi connectivity index (χ3n) is 15.3. The van der Waals surface area contributed by atoms with Crippen molar-refractivity contribution >= 4 is 41.1 Å². The van der Waals surface area contributed by atoms with Crippen molar-refractivity contribution in [2.75, 3.05) is 18.2 Å². The van der Waals surface area contributed by atoms with E-state index in [1.165, 1.54) is 107 Å². The Kier molecular flexibility index (Phi) is 12.6. The van der Waals surface area contributed by atoms with Gasteiger partial charge in [-0.25, -0.2) is 0 Å². The number of rotatable bonds is 6. The summed E-state index contributed by atoms with van der Waals surface area (Å²) in [4.78, 5) is 2.49. The van der Waals surface area contributed by atoms with E-state index in [0.717, 1.165) is 17.5 Å². The summed E-state index contributed by atoms with van der Waals surface area (Å²) in [5, 5.41) is 3.92. The molecule has 0 aliphatic heterocycles. The van der Waals surface area contributed by atoms with Crippen LogP contribution in [0.1, 0.15) is 80.3 Å². The topological polar surface area (TPSA) is 3.24 Å². The first kappa shape index (κ1) is 46.1. The predicted octanol–water partition coefficient (Wildman–Crippen LogP) is 18.3. The van der Waals surface area contributed by atoms with Gasteiger partial charge in [-0.3, -0.25) is 0 Å². The molecule has 0 saturated heterocycles. The fraction of sp³-hybridized carbons (Fsp3) is 0.159. The minimum absolute atomic E-state index is 0.256. The zero-order chi connectivity index (χ0) is 48.6. The van der Waals surface area contributed by atoms with E-state index in [1.807, 2.05) is 18.2 Å². The van der Waals surface area contributed by atoms with E-state index in [2.05, 4.69) is 258 Å². The summed E-state index contributed by atoms with van der Waals surface area (Å²) in [6.45, 7) is 13.3. The number of anilines is 3. The molecule has 0 bridgehead atoms. The molecule has 3 aliphatic rings. The lowest BCUT2D eigenvalue weighted by Gasteiger charge is -2.43.